The summed E-state index contributed by atoms with van der Waals surface area (Å²) in [6, 6.07) is 11.9. The Morgan fingerprint density at radius 2 is 2.12 bits per heavy atom. The third-order valence-electron chi connectivity index (χ3n) is 4.54. The number of carboxylic acid groups (broad SMARTS) is 1. The summed E-state index contributed by atoms with van der Waals surface area (Å²) in [5.41, 5.74) is 1.10. The van der Waals surface area contributed by atoms with Crippen LogP contribution in [0.25, 0.3) is 0 Å². The smallest absolute Gasteiger partial charge is 0.306 e. The van der Waals surface area contributed by atoms with Crippen LogP contribution in [-0.4, -0.2) is 35.7 Å². The van der Waals surface area contributed by atoms with Crippen LogP contribution >= 0.6 is 0 Å². The minimum Gasteiger partial charge on any atom is -0.494 e. The molecule has 0 amide bonds. The van der Waals surface area contributed by atoms with E-state index in [1.54, 1.807) is 6.26 Å². The third-order valence-corrected chi connectivity index (χ3v) is 4.54. The van der Waals surface area contributed by atoms with Crippen LogP contribution in [0.5, 0.6) is 5.75 Å². The molecule has 1 aromatic carbocycles. The number of likely N-dealkylation sites (tertiary alicyclic amines) is 1. The number of nitrogens with zero attached hydrogens (tertiary/aromatic N) is 1. The number of hydrogen-bond donors (Lipinski definition) is 1. The van der Waals surface area contributed by atoms with Crippen molar-refractivity contribution in [3.8, 4) is 5.75 Å². The van der Waals surface area contributed by atoms with Crippen LogP contribution in [0.3, 0.4) is 0 Å². The summed E-state index contributed by atoms with van der Waals surface area (Å²) in [6.45, 7) is 4.06. The Morgan fingerprint density at radius 3 is 2.75 bits per heavy atom. The van der Waals surface area contributed by atoms with E-state index in [1.807, 2.05) is 37.3 Å². The number of carboxylic acids is 1. The van der Waals surface area contributed by atoms with Gasteiger partial charge in [-0.1, -0.05) is 12.1 Å². The van der Waals surface area contributed by atoms with Gasteiger partial charge in [0.25, 0.3) is 0 Å². The fourth-order valence-corrected chi connectivity index (χ4v) is 3.35. The second-order valence-corrected chi connectivity index (χ2v) is 6.07. The van der Waals surface area contributed by atoms with E-state index in [-0.39, 0.29) is 12.0 Å². The molecule has 5 nitrogen and oxygen atoms in total. The minimum absolute atomic E-state index is 0.0184. The highest BCUT2D eigenvalue weighted by Gasteiger charge is 2.31. The molecule has 1 fully saturated rings. The van der Waals surface area contributed by atoms with Crippen molar-refractivity contribution in [2.75, 3.05) is 19.7 Å². The van der Waals surface area contributed by atoms with Crippen LogP contribution in [0.15, 0.2) is 47.1 Å². The molecule has 1 saturated heterocycles. The number of piperidine rings is 1. The number of ether oxygens (including phenoxy) is 1. The lowest BCUT2D eigenvalue weighted by atomic mass is 9.93. The molecule has 3 rings (SSSR count). The Balaban J connectivity index is 1.85. The highest BCUT2D eigenvalue weighted by atomic mass is 16.5. The summed E-state index contributed by atoms with van der Waals surface area (Å²) in [7, 11) is 0. The zero-order valence-electron chi connectivity index (χ0n) is 13.9. The van der Waals surface area contributed by atoms with E-state index in [2.05, 4.69) is 11.0 Å². The van der Waals surface area contributed by atoms with Crippen LogP contribution in [0.2, 0.25) is 0 Å². The van der Waals surface area contributed by atoms with Gasteiger partial charge in [-0.15, -0.1) is 0 Å². The third kappa shape index (κ3) is 3.62. The predicted octanol–water partition coefficient (Wildman–Crippen LogP) is 3.56. The van der Waals surface area contributed by atoms with Crippen LogP contribution in [-0.2, 0) is 4.79 Å². The Morgan fingerprint density at radius 1 is 1.33 bits per heavy atom. The Kier molecular flexibility index (Phi) is 5.20. The first-order valence-electron chi connectivity index (χ1n) is 8.42. The lowest BCUT2D eigenvalue weighted by Gasteiger charge is -2.35. The number of benzene rings is 1. The van der Waals surface area contributed by atoms with Crippen molar-refractivity contribution in [1.82, 2.24) is 4.90 Å². The highest BCUT2D eigenvalue weighted by Crippen LogP contribution is 2.34. The molecule has 1 aliphatic rings. The summed E-state index contributed by atoms with van der Waals surface area (Å²) < 4.78 is 11.3. The summed E-state index contributed by atoms with van der Waals surface area (Å²) in [5, 5.41) is 9.21. The van der Waals surface area contributed by atoms with Crippen molar-refractivity contribution >= 4 is 5.97 Å². The van der Waals surface area contributed by atoms with Crippen LogP contribution in [0, 0.1) is 5.92 Å². The molecule has 1 N–H and O–H groups in total. The summed E-state index contributed by atoms with van der Waals surface area (Å²) >= 11 is 0. The standard InChI is InChI=1S/C19H23NO4/c1-2-23-16-6-3-5-15(13-16)18(17-7-4-12-24-17)20-10-8-14(9-11-20)19(21)22/h3-7,12-14,18H,2,8-11H2,1H3,(H,21,22). The predicted molar refractivity (Wildman–Crippen MR) is 90.1 cm³/mol. The topological polar surface area (TPSA) is 62.9 Å². The lowest BCUT2D eigenvalue weighted by molar-refractivity contribution is -0.143. The SMILES string of the molecule is CCOc1cccc(C(c2ccco2)N2CCC(C(=O)O)CC2)c1. The molecule has 2 heterocycles. The number of aliphatic carboxylic acids is 1. The molecule has 1 unspecified atom stereocenters. The molecule has 0 aliphatic carbocycles. The average Bonchev–Trinajstić information content (AvgIpc) is 3.10. The van der Waals surface area contributed by atoms with Gasteiger partial charge in [0, 0.05) is 0 Å². The molecule has 1 aromatic heterocycles. The van der Waals surface area contributed by atoms with Crippen molar-refractivity contribution < 1.29 is 19.1 Å². The first-order chi connectivity index (χ1) is 11.7. The maximum absolute atomic E-state index is 11.2. The molecule has 0 radical (unpaired) electrons. The van der Waals surface area contributed by atoms with Gasteiger partial charge in [0.15, 0.2) is 0 Å². The Hall–Kier alpha value is -2.27. The molecule has 1 aliphatic heterocycles. The van der Waals surface area contributed by atoms with Crippen molar-refractivity contribution in [1.29, 1.82) is 0 Å². The van der Waals surface area contributed by atoms with E-state index in [4.69, 9.17) is 9.15 Å². The van der Waals surface area contributed by atoms with E-state index in [1.165, 1.54) is 0 Å². The van der Waals surface area contributed by atoms with Crippen molar-refractivity contribution in [2.24, 2.45) is 5.92 Å². The Bertz CT molecular complexity index is 660. The number of furan rings is 1. The molecule has 0 bridgehead atoms. The van der Waals surface area contributed by atoms with E-state index in [0.717, 1.165) is 30.2 Å². The van der Waals surface area contributed by atoms with E-state index < -0.39 is 5.97 Å². The van der Waals surface area contributed by atoms with Gasteiger partial charge in [-0.05, 0) is 62.7 Å². The van der Waals surface area contributed by atoms with Gasteiger partial charge in [-0.2, -0.15) is 0 Å². The van der Waals surface area contributed by atoms with Crippen molar-refractivity contribution in [2.45, 2.75) is 25.8 Å². The number of carbonyl (C=O) groups is 1. The molecule has 2 aromatic rings. The molecular weight excluding hydrogens is 306 g/mol. The van der Waals surface area contributed by atoms with E-state index >= 15 is 0 Å². The van der Waals surface area contributed by atoms with Crippen LogP contribution in [0.1, 0.15) is 37.1 Å². The van der Waals surface area contributed by atoms with Gasteiger partial charge in [0.1, 0.15) is 11.5 Å². The maximum atomic E-state index is 11.2. The number of rotatable bonds is 6. The average molecular weight is 329 g/mol. The van der Waals surface area contributed by atoms with Gasteiger partial charge in [0.05, 0.1) is 24.8 Å². The van der Waals surface area contributed by atoms with Crippen molar-refractivity contribution in [3.05, 3.63) is 54.0 Å². The van der Waals surface area contributed by atoms with Gasteiger partial charge in [0.2, 0.25) is 0 Å². The molecular formula is C19H23NO4. The summed E-state index contributed by atoms with van der Waals surface area (Å²) in [5.74, 6) is 0.778. The van der Waals surface area contributed by atoms with Crippen molar-refractivity contribution in [3.63, 3.8) is 0 Å². The minimum atomic E-state index is -0.692. The summed E-state index contributed by atoms with van der Waals surface area (Å²) in [6.07, 6.45) is 3.01. The van der Waals surface area contributed by atoms with Crippen LogP contribution in [0.4, 0.5) is 0 Å². The molecule has 0 saturated carbocycles. The largest absolute Gasteiger partial charge is 0.494 e. The first kappa shape index (κ1) is 16.6. The molecule has 0 spiro atoms. The molecule has 128 valence electrons. The van der Waals surface area contributed by atoms with Crippen LogP contribution < -0.4 is 4.74 Å². The van der Waals surface area contributed by atoms with E-state index in [9.17, 15) is 9.90 Å². The molecule has 1 atom stereocenters. The lowest BCUT2D eigenvalue weighted by Crippen LogP contribution is -2.39. The summed E-state index contributed by atoms with van der Waals surface area (Å²) in [4.78, 5) is 13.5. The fraction of sp³-hybridized carbons (Fsp3) is 0.421. The maximum Gasteiger partial charge on any atom is 0.306 e. The highest BCUT2D eigenvalue weighted by molar-refractivity contribution is 5.70. The second kappa shape index (κ2) is 7.53. The number of hydrogen-bond acceptors (Lipinski definition) is 4. The van der Waals surface area contributed by atoms with Gasteiger partial charge >= 0.3 is 5.97 Å². The molecule has 5 heteroatoms. The quantitative estimate of drug-likeness (QED) is 0.878. The second-order valence-electron chi connectivity index (χ2n) is 6.07. The van der Waals surface area contributed by atoms with Gasteiger partial charge < -0.3 is 14.3 Å². The zero-order valence-corrected chi connectivity index (χ0v) is 13.9. The molecule has 24 heavy (non-hydrogen) atoms. The fourth-order valence-electron chi connectivity index (χ4n) is 3.35. The first-order valence-corrected chi connectivity index (χ1v) is 8.42. The normalized spacial score (nSPS) is 17.5. The zero-order chi connectivity index (χ0) is 16.9. The monoisotopic (exact) mass is 329 g/mol. The van der Waals surface area contributed by atoms with E-state index in [0.29, 0.717) is 19.4 Å². The Labute approximate surface area is 141 Å². The van der Waals surface area contributed by atoms with Gasteiger partial charge in [-0.3, -0.25) is 9.69 Å². The van der Waals surface area contributed by atoms with Gasteiger partial charge in [-0.25, -0.2) is 0 Å².